The summed E-state index contributed by atoms with van der Waals surface area (Å²) in [5.41, 5.74) is 2.07. The lowest BCUT2D eigenvalue weighted by atomic mass is 10.00. The molecule has 0 bridgehead atoms. The Balaban J connectivity index is 1.89. The van der Waals surface area contributed by atoms with Gasteiger partial charge >= 0.3 is 0 Å². The fourth-order valence-electron chi connectivity index (χ4n) is 4.12. The van der Waals surface area contributed by atoms with Gasteiger partial charge in [-0.25, -0.2) is 12.4 Å². The summed E-state index contributed by atoms with van der Waals surface area (Å²) in [6, 6.07) is 23.1. The number of ether oxygens (including phenoxy) is 1. The summed E-state index contributed by atoms with van der Waals surface area (Å²) in [5.74, 6) is 0.570. The summed E-state index contributed by atoms with van der Waals surface area (Å²) < 4.78 is 33.9. The van der Waals surface area contributed by atoms with Crippen LogP contribution in [0.5, 0.6) is 5.75 Å². The van der Waals surface area contributed by atoms with E-state index in [9.17, 15) is 13.5 Å². The summed E-state index contributed by atoms with van der Waals surface area (Å²) >= 11 is 0. The van der Waals surface area contributed by atoms with E-state index in [1.54, 1.807) is 61.8 Å². The van der Waals surface area contributed by atoms with E-state index in [2.05, 4.69) is 4.98 Å². The number of fused-ring (bicyclic) bond motifs is 2. The van der Waals surface area contributed by atoms with E-state index in [1.165, 1.54) is 3.97 Å². The molecule has 0 aliphatic rings. The van der Waals surface area contributed by atoms with Crippen LogP contribution >= 0.6 is 0 Å². The maximum atomic E-state index is 13.5. The molecule has 0 aliphatic heterocycles. The molecular weight excluding hydrogens is 424 g/mol. The van der Waals surface area contributed by atoms with Gasteiger partial charge in [0.25, 0.3) is 10.0 Å². The molecule has 0 unspecified atom stereocenters. The van der Waals surface area contributed by atoms with Crippen molar-refractivity contribution in [2.45, 2.75) is 11.5 Å². The van der Waals surface area contributed by atoms with Crippen LogP contribution in [0.4, 0.5) is 0 Å². The van der Waals surface area contributed by atoms with Gasteiger partial charge in [-0.15, -0.1) is 0 Å². The highest BCUT2D eigenvalue weighted by atomic mass is 32.2. The van der Waals surface area contributed by atoms with Crippen molar-refractivity contribution >= 4 is 31.7 Å². The molecule has 0 radical (unpaired) electrons. The van der Waals surface area contributed by atoms with E-state index < -0.39 is 16.6 Å². The molecule has 2 aromatic heterocycles. The minimum Gasteiger partial charge on any atom is -0.496 e. The molecule has 0 spiro atoms. The Kier molecular flexibility index (Phi) is 4.92. The molecular formula is C25H20N2O4S. The maximum absolute atomic E-state index is 13.5. The number of aliphatic hydroxyl groups excluding tert-OH is 1. The Labute approximate surface area is 185 Å². The number of methoxy groups -OCH3 is 1. The lowest BCUT2D eigenvalue weighted by Gasteiger charge is -2.14. The quantitative estimate of drug-likeness (QED) is 0.429. The fraction of sp³-hybridized carbons (Fsp3) is 0.0800. The Hall–Kier alpha value is -3.68. The topological polar surface area (TPSA) is 81.4 Å². The number of aliphatic hydroxyl groups is 1. The predicted octanol–water partition coefficient (Wildman–Crippen LogP) is 4.59. The molecule has 0 saturated heterocycles. The molecule has 0 saturated carbocycles. The third-order valence-corrected chi connectivity index (χ3v) is 7.33. The molecule has 0 fully saturated rings. The second-order valence-electron chi connectivity index (χ2n) is 7.33. The van der Waals surface area contributed by atoms with Gasteiger partial charge in [0, 0.05) is 17.0 Å². The molecule has 1 N–H and O–H groups in total. The highest BCUT2D eigenvalue weighted by molar-refractivity contribution is 7.90. The van der Waals surface area contributed by atoms with Crippen LogP contribution in [0.15, 0.2) is 90.0 Å². The van der Waals surface area contributed by atoms with E-state index in [4.69, 9.17) is 4.74 Å². The summed E-state index contributed by atoms with van der Waals surface area (Å²) in [7, 11) is -2.36. The molecule has 5 aromatic rings. The zero-order chi connectivity index (χ0) is 22.3. The average molecular weight is 445 g/mol. The van der Waals surface area contributed by atoms with Crippen molar-refractivity contribution in [1.82, 2.24) is 8.96 Å². The van der Waals surface area contributed by atoms with Gasteiger partial charge in [0.1, 0.15) is 5.75 Å². The second-order valence-corrected chi connectivity index (χ2v) is 9.12. The van der Waals surface area contributed by atoms with Gasteiger partial charge < -0.3 is 9.84 Å². The van der Waals surface area contributed by atoms with Crippen molar-refractivity contribution in [1.29, 1.82) is 0 Å². The molecule has 0 amide bonds. The first-order valence-corrected chi connectivity index (χ1v) is 11.5. The van der Waals surface area contributed by atoms with E-state index in [0.717, 1.165) is 10.8 Å². The molecule has 6 nitrogen and oxygen atoms in total. The molecule has 32 heavy (non-hydrogen) atoms. The Morgan fingerprint density at radius 3 is 2.44 bits per heavy atom. The smallest absolute Gasteiger partial charge is 0.268 e. The molecule has 5 rings (SSSR count). The van der Waals surface area contributed by atoms with E-state index >= 15 is 0 Å². The number of benzene rings is 3. The molecule has 0 aliphatic carbocycles. The molecule has 160 valence electrons. The van der Waals surface area contributed by atoms with Crippen molar-refractivity contribution in [2.75, 3.05) is 7.11 Å². The van der Waals surface area contributed by atoms with Crippen LogP contribution < -0.4 is 4.74 Å². The predicted molar refractivity (Wildman–Crippen MR) is 124 cm³/mol. The SMILES string of the molecule is COc1ccc2c(cc(CO)n2S(=O)(=O)c2ccccc2)c1-c1nccc2ccccc12. The number of aromatic nitrogens is 2. The van der Waals surface area contributed by atoms with Crippen molar-refractivity contribution in [3.05, 3.63) is 90.8 Å². The molecule has 7 heteroatoms. The van der Waals surface area contributed by atoms with Crippen LogP contribution in [0, 0.1) is 0 Å². The van der Waals surface area contributed by atoms with E-state index in [1.807, 2.05) is 30.3 Å². The third kappa shape index (κ3) is 3.05. The minimum atomic E-state index is -3.93. The second kappa shape index (κ2) is 7.78. The molecule has 2 heterocycles. The maximum Gasteiger partial charge on any atom is 0.268 e. The Bertz CT molecular complexity index is 1550. The first kappa shape index (κ1) is 20.2. The first-order valence-electron chi connectivity index (χ1n) is 10.0. The zero-order valence-corrected chi connectivity index (χ0v) is 18.1. The summed E-state index contributed by atoms with van der Waals surface area (Å²) in [6.45, 7) is -0.439. The van der Waals surface area contributed by atoms with Gasteiger partial charge in [-0.3, -0.25) is 4.98 Å². The van der Waals surface area contributed by atoms with Crippen LogP contribution in [0.3, 0.4) is 0 Å². The number of nitrogens with zero attached hydrogens (tertiary/aromatic N) is 2. The Morgan fingerprint density at radius 2 is 1.69 bits per heavy atom. The summed E-state index contributed by atoms with van der Waals surface area (Å²) in [4.78, 5) is 4.77. The van der Waals surface area contributed by atoms with Gasteiger partial charge in [-0.2, -0.15) is 0 Å². The minimum absolute atomic E-state index is 0.146. The van der Waals surface area contributed by atoms with Crippen molar-refractivity contribution in [3.8, 4) is 17.0 Å². The standard InChI is InChI=1S/C25H20N2O4S/c1-31-23-12-11-22-21(24(23)25-20-10-6-5-7-17(20)13-14-26-25)15-18(16-28)27(22)32(29,30)19-8-3-2-4-9-19/h2-15,28H,16H2,1H3. The Morgan fingerprint density at radius 1 is 0.938 bits per heavy atom. The highest BCUT2D eigenvalue weighted by Crippen LogP contribution is 2.41. The average Bonchev–Trinajstić information content (AvgIpc) is 3.23. The van der Waals surface area contributed by atoms with Crippen LogP contribution in [-0.4, -0.2) is 29.6 Å². The van der Waals surface area contributed by atoms with E-state index in [-0.39, 0.29) is 10.6 Å². The third-order valence-electron chi connectivity index (χ3n) is 5.55. The number of pyridine rings is 1. The lowest BCUT2D eigenvalue weighted by Crippen LogP contribution is -2.15. The molecule has 3 aromatic carbocycles. The van der Waals surface area contributed by atoms with Crippen LogP contribution in [0.25, 0.3) is 32.9 Å². The number of hydrogen-bond donors (Lipinski definition) is 1. The number of hydrogen-bond acceptors (Lipinski definition) is 5. The van der Waals surface area contributed by atoms with Gasteiger partial charge in [0.2, 0.25) is 0 Å². The van der Waals surface area contributed by atoms with Gasteiger partial charge in [-0.05, 0) is 41.8 Å². The van der Waals surface area contributed by atoms with Gasteiger partial charge in [-0.1, -0.05) is 42.5 Å². The van der Waals surface area contributed by atoms with Crippen molar-refractivity contribution in [3.63, 3.8) is 0 Å². The van der Waals surface area contributed by atoms with Crippen molar-refractivity contribution in [2.24, 2.45) is 0 Å². The first-order chi connectivity index (χ1) is 15.6. The van der Waals surface area contributed by atoms with Gasteiger partial charge in [0.05, 0.1) is 41.1 Å². The normalized spacial score (nSPS) is 11.8. The van der Waals surface area contributed by atoms with Gasteiger partial charge in [0.15, 0.2) is 0 Å². The highest BCUT2D eigenvalue weighted by Gasteiger charge is 2.26. The largest absolute Gasteiger partial charge is 0.496 e. The lowest BCUT2D eigenvalue weighted by molar-refractivity contribution is 0.276. The van der Waals surface area contributed by atoms with E-state index in [0.29, 0.717) is 27.9 Å². The van der Waals surface area contributed by atoms with Crippen LogP contribution in [0.1, 0.15) is 5.69 Å². The van der Waals surface area contributed by atoms with Crippen LogP contribution in [-0.2, 0) is 16.6 Å². The molecule has 0 atom stereocenters. The monoisotopic (exact) mass is 444 g/mol. The number of rotatable bonds is 5. The summed E-state index contributed by atoms with van der Waals surface area (Å²) in [5, 5.41) is 12.6. The fourth-order valence-corrected chi connectivity index (χ4v) is 5.67. The zero-order valence-electron chi connectivity index (χ0n) is 17.3. The van der Waals surface area contributed by atoms with Crippen LogP contribution in [0.2, 0.25) is 0 Å². The summed E-state index contributed by atoms with van der Waals surface area (Å²) in [6.07, 6.45) is 1.72. The van der Waals surface area contributed by atoms with Crippen molar-refractivity contribution < 1.29 is 18.3 Å².